The highest BCUT2D eigenvalue weighted by molar-refractivity contribution is 5.91. The van der Waals surface area contributed by atoms with Gasteiger partial charge in [-0.05, 0) is 54.2 Å². The van der Waals surface area contributed by atoms with Crippen LogP contribution >= 0.6 is 0 Å². The predicted molar refractivity (Wildman–Crippen MR) is 83.8 cm³/mol. The summed E-state index contributed by atoms with van der Waals surface area (Å²) in [6.07, 6.45) is 3.26. The van der Waals surface area contributed by atoms with Gasteiger partial charge in [-0.3, -0.25) is 4.98 Å². The van der Waals surface area contributed by atoms with Crippen LogP contribution in [-0.2, 0) is 5.41 Å². The number of esters is 1. The van der Waals surface area contributed by atoms with Crippen molar-refractivity contribution >= 4 is 5.97 Å². The van der Waals surface area contributed by atoms with Crippen LogP contribution in [0.1, 0.15) is 47.8 Å². The van der Waals surface area contributed by atoms with E-state index in [1.807, 2.05) is 32.0 Å². The van der Waals surface area contributed by atoms with Gasteiger partial charge < -0.3 is 4.74 Å². The quantitative estimate of drug-likeness (QED) is 0.775. The molecule has 0 fully saturated rings. The van der Waals surface area contributed by atoms with Crippen molar-refractivity contribution in [1.29, 1.82) is 0 Å². The lowest BCUT2D eigenvalue weighted by Gasteiger charge is -2.22. The zero-order valence-electron chi connectivity index (χ0n) is 13.2. The first kappa shape index (κ1) is 15.2. The minimum atomic E-state index is -0.356. The number of aryl methyl sites for hydroxylation is 2. The molecule has 0 unspecified atom stereocenters. The van der Waals surface area contributed by atoms with Crippen molar-refractivity contribution in [3.05, 3.63) is 58.9 Å². The van der Waals surface area contributed by atoms with Gasteiger partial charge in [0.1, 0.15) is 5.75 Å². The molecule has 2 rings (SSSR count). The van der Waals surface area contributed by atoms with E-state index in [1.54, 1.807) is 18.5 Å². The van der Waals surface area contributed by atoms with Crippen molar-refractivity contribution in [1.82, 2.24) is 4.98 Å². The Labute approximate surface area is 126 Å². The molecule has 1 heterocycles. The molecule has 0 aliphatic carbocycles. The minimum Gasteiger partial charge on any atom is -0.421 e. The lowest BCUT2D eigenvalue weighted by atomic mass is 9.83. The Morgan fingerprint density at radius 3 is 2.38 bits per heavy atom. The van der Waals surface area contributed by atoms with E-state index in [-0.39, 0.29) is 11.4 Å². The molecule has 0 amide bonds. The number of nitrogens with zero attached hydrogens (tertiary/aromatic N) is 1. The molecule has 110 valence electrons. The van der Waals surface area contributed by atoms with Gasteiger partial charge in [0.15, 0.2) is 0 Å². The number of hydrogen-bond donors (Lipinski definition) is 0. The number of ether oxygens (including phenoxy) is 1. The molecule has 0 aliphatic rings. The summed E-state index contributed by atoms with van der Waals surface area (Å²) in [5, 5.41) is 0. The summed E-state index contributed by atoms with van der Waals surface area (Å²) >= 11 is 0. The molecule has 0 atom stereocenters. The molecule has 0 radical (unpaired) electrons. The van der Waals surface area contributed by atoms with Gasteiger partial charge in [0.25, 0.3) is 0 Å². The third-order valence-electron chi connectivity index (χ3n) is 3.33. The van der Waals surface area contributed by atoms with Gasteiger partial charge >= 0.3 is 5.97 Å². The fraction of sp³-hybridized carbons (Fsp3) is 0.333. The Hall–Kier alpha value is -2.16. The van der Waals surface area contributed by atoms with E-state index >= 15 is 0 Å². The third-order valence-corrected chi connectivity index (χ3v) is 3.33. The van der Waals surface area contributed by atoms with Crippen molar-refractivity contribution in [2.75, 3.05) is 0 Å². The van der Waals surface area contributed by atoms with Crippen LogP contribution in [0.2, 0.25) is 0 Å². The number of aromatic nitrogens is 1. The second-order valence-electron chi connectivity index (χ2n) is 6.37. The molecular weight excluding hydrogens is 262 g/mol. The molecule has 0 saturated heterocycles. The van der Waals surface area contributed by atoms with E-state index in [0.29, 0.717) is 11.3 Å². The fourth-order valence-corrected chi connectivity index (χ4v) is 2.38. The van der Waals surface area contributed by atoms with Gasteiger partial charge in [0.05, 0.1) is 11.8 Å². The molecule has 0 bridgehead atoms. The van der Waals surface area contributed by atoms with E-state index in [4.69, 9.17) is 4.74 Å². The van der Waals surface area contributed by atoms with Gasteiger partial charge in [0.2, 0.25) is 0 Å². The largest absolute Gasteiger partial charge is 0.421 e. The van der Waals surface area contributed by atoms with Crippen molar-refractivity contribution in [3.8, 4) is 5.75 Å². The van der Waals surface area contributed by atoms with Gasteiger partial charge in [0, 0.05) is 6.20 Å². The van der Waals surface area contributed by atoms with Crippen LogP contribution in [0.15, 0.2) is 36.7 Å². The monoisotopic (exact) mass is 283 g/mol. The van der Waals surface area contributed by atoms with E-state index < -0.39 is 0 Å². The topological polar surface area (TPSA) is 39.2 Å². The Morgan fingerprint density at radius 2 is 1.81 bits per heavy atom. The van der Waals surface area contributed by atoms with Crippen LogP contribution in [-0.4, -0.2) is 11.0 Å². The number of hydrogen-bond acceptors (Lipinski definition) is 3. The maximum absolute atomic E-state index is 12.2. The first-order chi connectivity index (χ1) is 9.77. The van der Waals surface area contributed by atoms with E-state index in [2.05, 4.69) is 25.8 Å². The average molecular weight is 283 g/mol. The SMILES string of the molecule is Cc1cncc(OC(=O)c2ccc(C(C)(C)C)c(C)c2)c1. The highest BCUT2D eigenvalue weighted by Crippen LogP contribution is 2.26. The molecule has 1 aromatic heterocycles. The molecule has 3 heteroatoms. The lowest BCUT2D eigenvalue weighted by molar-refractivity contribution is 0.0734. The summed E-state index contributed by atoms with van der Waals surface area (Å²) in [4.78, 5) is 16.2. The zero-order valence-corrected chi connectivity index (χ0v) is 13.2. The highest BCUT2D eigenvalue weighted by Gasteiger charge is 2.18. The van der Waals surface area contributed by atoms with Crippen LogP contribution < -0.4 is 4.74 Å². The smallest absolute Gasteiger partial charge is 0.343 e. The van der Waals surface area contributed by atoms with Crippen LogP contribution in [0, 0.1) is 13.8 Å². The summed E-state index contributed by atoms with van der Waals surface area (Å²) in [5.74, 6) is 0.114. The zero-order chi connectivity index (χ0) is 15.6. The van der Waals surface area contributed by atoms with Gasteiger partial charge in [-0.15, -0.1) is 0 Å². The summed E-state index contributed by atoms with van der Waals surface area (Å²) in [6, 6.07) is 7.49. The maximum Gasteiger partial charge on any atom is 0.343 e. The highest BCUT2D eigenvalue weighted by atomic mass is 16.5. The summed E-state index contributed by atoms with van der Waals surface area (Å²) in [7, 11) is 0. The molecule has 0 N–H and O–H groups in total. The van der Waals surface area contributed by atoms with E-state index in [1.165, 1.54) is 5.56 Å². The molecular formula is C18H21NO2. The van der Waals surface area contributed by atoms with E-state index in [9.17, 15) is 4.79 Å². The fourth-order valence-electron chi connectivity index (χ4n) is 2.38. The van der Waals surface area contributed by atoms with Crippen molar-refractivity contribution in [3.63, 3.8) is 0 Å². The predicted octanol–water partition coefficient (Wildman–Crippen LogP) is 4.22. The number of carbonyl (C=O) groups excluding carboxylic acids is 1. The molecule has 0 aliphatic heterocycles. The van der Waals surface area contributed by atoms with Crippen molar-refractivity contribution < 1.29 is 9.53 Å². The molecule has 2 aromatic rings. The normalized spacial score (nSPS) is 11.3. The second kappa shape index (κ2) is 5.68. The van der Waals surface area contributed by atoms with Crippen LogP contribution in [0.5, 0.6) is 5.75 Å². The molecule has 1 aromatic carbocycles. The Kier molecular flexibility index (Phi) is 4.12. The standard InChI is InChI=1S/C18H21NO2/c1-12-8-15(11-19-10-12)21-17(20)14-6-7-16(13(2)9-14)18(3,4)5/h6-11H,1-5H3. The van der Waals surface area contributed by atoms with Crippen molar-refractivity contribution in [2.24, 2.45) is 0 Å². The van der Waals surface area contributed by atoms with E-state index in [0.717, 1.165) is 11.1 Å². The van der Waals surface area contributed by atoms with Crippen LogP contribution in [0.25, 0.3) is 0 Å². The van der Waals surface area contributed by atoms with Crippen molar-refractivity contribution in [2.45, 2.75) is 40.0 Å². The van der Waals surface area contributed by atoms with Gasteiger partial charge in [-0.2, -0.15) is 0 Å². The summed E-state index contributed by atoms with van der Waals surface area (Å²) in [5.41, 5.74) is 3.91. The number of carbonyl (C=O) groups is 1. The Balaban J connectivity index is 2.23. The Morgan fingerprint density at radius 1 is 1.10 bits per heavy atom. The number of benzene rings is 1. The first-order valence-corrected chi connectivity index (χ1v) is 7.02. The van der Waals surface area contributed by atoms with Crippen LogP contribution in [0.3, 0.4) is 0 Å². The van der Waals surface area contributed by atoms with Gasteiger partial charge in [-0.25, -0.2) is 4.79 Å². The summed E-state index contributed by atoms with van der Waals surface area (Å²) in [6.45, 7) is 10.4. The molecule has 0 spiro atoms. The molecule has 3 nitrogen and oxygen atoms in total. The number of pyridine rings is 1. The second-order valence-corrected chi connectivity index (χ2v) is 6.37. The minimum absolute atomic E-state index is 0.0625. The Bertz CT molecular complexity index is 669. The third kappa shape index (κ3) is 3.69. The molecule has 21 heavy (non-hydrogen) atoms. The van der Waals surface area contributed by atoms with Gasteiger partial charge in [-0.1, -0.05) is 26.8 Å². The number of rotatable bonds is 2. The average Bonchev–Trinajstić information content (AvgIpc) is 2.37. The van der Waals surface area contributed by atoms with Crippen LogP contribution in [0.4, 0.5) is 0 Å². The lowest BCUT2D eigenvalue weighted by Crippen LogP contribution is -2.15. The molecule has 0 saturated carbocycles. The summed E-state index contributed by atoms with van der Waals surface area (Å²) < 4.78 is 5.36. The first-order valence-electron chi connectivity index (χ1n) is 7.02. The maximum atomic E-state index is 12.2.